The summed E-state index contributed by atoms with van der Waals surface area (Å²) in [6.07, 6.45) is 0. The van der Waals surface area contributed by atoms with Crippen LogP contribution in [0.4, 0.5) is 17.6 Å². The third-order valence-electron chi connectivity index (χ3n) is 8.14. The van der Waals surface area contributed by atoms with Crippen molar-refractivity contribution in [3.63, 3.8) is 0 Å². The molecule has 6 aromatic rings. The lowest BCUT2D eigenvalue weighted by Crippen LogP contribution is -2.24. The minimum Gasteiger partial charge on any atom is -0.318 e. The van der Waals surface area contributed by atoms with Gasteiger partial charge in [-0.15, -0.1) is 0 Å². The summed E-state index contributed by atoms with van der Waals surface area (Å²) >= 11 is 0. The molecule has 6 aromatic heterocycles. The molecule has 45 heavy (non-hydrogen) atoms. The molecule has 6 heterocycles. The lowest BCUT2D eigenvalue weighted by atomic mass is 9.83. The van der Waals surface area contributed by atoms with Crippen LogP contribution in [-0.2, 0) is 5.41 Å². The minimum atomic E-state index is -0.982. The van der Waals surface area contributed by atoms with Crippen LogP contribution in [0.3, 0.4) is 0 Å². The Morgan fingerprint density at radius 2 is 0.844 bits per heavy atom. The van der Waals surface area contributed by atoms with Gasteiger partial charge >= 0.3 is 0 Å². The van der Waals surface area contributed by atoms with Gasteiger partial charge in [0, 0.05) is 39.6 Å². The Balaban J connectivity index is 1.62. The maximum absolute atomic E-state index is 15.0. The summed E-state index contributed by atoms with van der Waals surface area (Å²) in [5.74, 6) is -3.83. The Morgan fingerprint density at radius 1 is 0.489 bits per heavy atom. The lowest BCUT2D eigenvalue weighted by molar-refractivity contribution is 0.514. The van der Waals surface area contributed by atoms with Gasteiger partial charge in [0.15, 0.2) is 0 Å². The van der Waals surface area contributed by atoms with Crippen LogP contribution in [0.15, 0.2) is 72.8 Å². The summed E-state index contributed by atoms with van der Waals surface area (Å²) in [7, 11) is 0. The van der Waals surface area contributed by atoms with Gasteiger partial charge in [-0.1, -0.05) is 0 Å². The molecule has 0 atom stereocenters. The Bertz CT molecular complexity index is 1910. The molecule has 0 aliphatic rings. The van der Waals surface area contributed by atoms with Crippen molar-refractivity contribution in [1.29, 1.82) is 0 Å². The number of rotatable bonds is 6. The van der Waals surface area contributed by atoms with Crippen LogP contribution in [0.2, 0.25) is 0 Å². The molecule has 0 bridgehead atoms. The summed E-state index contributed by atoms with van der Waals surface area (Å²) in [5, 5.41) is 0. The quantitative estimate of drug-likeness (QED) is 0.141. The van der Waals surface area contributed by atoms with Gasteiger partial charge in [-0.3, -0.25) is 9.97 Å². The molecule has 0 aliphatic carbocycles. The van der Waals surface area contributed by atoms with E-state index in [1.54, 1.807) is 12.1 Å². The van der Waals surface area contributed by atoms with Crippen molar-refractivity contribution in [2.24, 2.45) is 0 Å². The number of aryl methyl sites for hydroxylation is 4. The first kappa shape index (κ1) is 29.9. The topological polar surface area (TPSA) is 61.4 Å². The molecule has 228 valence electrons. The maximum Gasteiger partial charge on any atom is 0.224 e. The van der Waals surface area contributed by atoms with Crippen LogP contribution in [-0.4, -0.2) is 29.1 Å². The van der Waals surface area contributed by atoms with Crippen LogP contribution in [0.1, 0.15) is 48.0 Å². The fraction of sp³-hybridized carbons (Fsp3) is 0.200. The number of hydrogen-bond donors (Lipinski definition) is 0. The Kier molecular flexibility index (Phi) is 7.39. The molecule has 0 unspecified atom stereocenters. The number of halogens is 4. The van der Waals surface area contributed by atoms with E-state index in [9.17, 15) is 8.78 Å². The average molecular weight is 611 g/mol. The van der Waals surface area contributed by atoms with Gasteiger partial charge in [0.1, 0.15) is 0 Å². The molecule has 0 spiro atoms. The molecular weight excluding hydrogens is 580 g/mol. The van der Waals surface area contributed by atoms with E-state index < -0.39 is 29.2 Å². The molecule has 6 nitrogen and oxygen atoms in total. The third kappa shape index (κ3) is 5.41. The largest absolute Gasteiger partial charge is 0.318 e. The van der Waals surface area contributed by atoms with Gasteiger partial charge in [0.2, 0.25) is 23.8 Å². The zero-order valence-electron chi connectivity index (χ0n) is 25.6. The van der Waals surface area contributed by atoms with E-state index in [-0.39, 0.29) is 22.5 Å². The summed E-state index contributed by atoms with van der Waals surface area (Å²) < 4.78 is 61.6. The van der Waals surface area contributed by atoms with Crippen molar-refractivity contribution in [3.05, 3.63) is 131 Å². The Morgan fingerprint density at radius 3 is 1.18 bits per heavy atom. The summed E-state index contributed by atoms with van der Waals surface area (Å²) in [6, 6.07) is 20.0. The average Bonchev–Trinajstić information content (AvgIpc) is 3.51. The summed E-state index contributed by atoms with van der Waals surface area (Å²) in [5.41, 5.74) is 5.95. The number of pyridine rings is 4. The van der Waals surface area contributed by atoms with Crippen LogP contribution in [0, 0.1) is 51.5 Å². The summed E-state index contributed by atoms with van der Waals surface area (Å²) in [6.45, 7) is 11.7. The second kappa shape index (κ2) is 11.1. The van der Waals surface area contributed by atoms with E-state index in [0.29, 0.717) is 22.8 Å². The molecule has 0 fully saturated rings. The second-order valence-electron chi connectivity index (χ2n) is 11.7. The first-order valence-electron chi connectivity index (χ1n) is 14.3. The molecule has 0 saturated heterocycles. The predicted octanol–water partition coefficient (Wildman–Crippen LogP) is 8.30. The molecule has 0 radical (unpaired) electrons. The zero-order chi connectivity index (χ0) is 32.2. The van der Waals surface area contributed by atoms with Crippen molar-refractivity contribution in [2.75, 3.05) is 0 Å². The molecule has 0 aliphatic heterocycles. The van der Waals surface area contributed by atoms with E-state index in [1.807, 2.05) is 87.1 Å². The van der Waals surface area contributed by atoms with Crippen molar-refractivity contribution in [2.45, 2.75) is 47.0 Å². The number of hydrogen-bond acceptors (Lipinski definition) is 4. The molecule has 0 saturated carbocycles. The molecule has 0 N–H and O–H groups in total. The smallest absolute Gasteiger partial charge is 0.224 e. The van der Waals surface area contributed by atoms with E-state index in [0.717, 1.165) is 34.9 Å². The Hall–Kier alpha value is -5.12. The van der Waals surface area contributed by atoms with E-state index >= 15 is 8.78 Å². The van der Waals surface area contributed by atoms with Crippen LogP contribution in [0.25, 0.3) is 33.9 Å². The fourth-order valence-electron chi connectivity index (χ4n) is 5.70. The second-order valence-corrected chi connectivity index (χ2v) is 11.7. The first-order valence-corrected chi connectivity index (χ1v) is 14.3. The lowest BCUT2D eigenvalue weighted by Gasteiger charge is -2.27. The third-order valence-corrected chi connectivity index (χ3v) is 8.14. The van der Waals surface area contributed by atoms with Crippen LogP contribution in [0.5, 0.6) is 0 Å². The van der Waals surface area contributed by atoms with Gasteiger partial charge in [0.25, 0.3) is 0 Å². The SMILES string of the molecule is Cc1ccc(C)n1-c1cc(-c2ccc(F)nc2F)nc(C(C)(C)c2cc(-n3c(C)ccc3C)cc(-c3ccc(F)nc3F)n2)c1. The molecule has 10 heteroatoms. The standard InChI is InChI=1S/C35H30F4N6/c1-19-7-8-20(2)44(19)23-15-27(25-11-13-31(36)42-33(25)38)40-29(17-23)35(5,6)30-18-24(45-21(3)9-10-22(45)4)16-28(41-30)26-12-14-32(37)43-34(26)39/h7-18H,1-6H3. The van der Waals surface area contributed by atoms with Gasteiger partial charge in [-0.25, -0.2) is 0 Å². The molecular formula is C35H30F4N6. The van der Waals surface area contributed by atoms with Crippen molar-refractivity contribution < 1.29 is 17.6 Å². The van der Waals surface area contributed by atoms with Crippen molar-refractivity contribution >= 4 is 0 Å². The molecule has 0 aromatic carbocycles. The van der Waals surface area contributed by atoms with Gasteiger partial charge < -0.3 is 9.13 Å². The summed E-state index contributed by atoms with van der Waals surface area (Å²) in [4.78, 5) is 16.5. The Labute approximate surface area is 258 Å². The van der Waals surface area contributed by atoms with Crippen molar-refractivity contribution in [1.82, 2.24) is 29.1 Å². The monoisotopic (exact) mass is 610 g/mol. The van der Waals surface area contributed by atoms with Gasteiger partial charge in [-0.2, -0.15) is 27.5 Å². The highest BCUT2D eigenvalue weighted by Crippen LogP contribution is 2.36. The van der Waals surface area contributed by atoms with E-state index in [4.69, 9.17) is 9.97 Å². The molecule has 0 amide bonds. The predicted molar refractivity (Wildman–Crippen MR) is 164 cm³/mol. The van der Waals surface area contributed by atoms with E-state index in [2.05, 4.69) is 9.97 Å². The van der Waals surface area contributed by atoms with Gasteiger partial charge in [-0.05, 0) is 114 Å². The van der Waals surface area contributed by atoms with Crippen LogP contribution >= 0.6 is 0 Å². The highest BCUT2D eigenvalue weighted by Gasteiger charge is 2.30. The zero-order valence-corrected chi connectivity index (χ0v) is 25.6. The number of aromatic nitrogens is 6. The first-order chi connectivity index (χ1) is 21.3. The van der Waals surface area contributed by atoms with Crippen molar-refractivity contribution in [3.8, 4) is 33.9 Å². The van der Waals surface area contributed by atoms with E-state index in [1.165, 1.54) is 12.1 Å². The maximum atomic E-state index is 15.0. The fourth-order valence-corrected chi connectivity index (χ4v) is 5.70. The molecule has 6 rings (SSSR count). The number of nitrogens with zero attached hydrogens (tertiary/aromatic N) is 6. The minimum absolute atomic E-state index is 0.0400. The van der Waals surface area contributed by atoms with Crippen LogP contribution < -0.4 is 0 Å². The normalized spacial score (nSPS) is 11.8. The van der Waals surface area contributed by atoms with Gasteiger partial charge in [0.05, 0.1) is 33.9 Å². The highest BCUT2D eigenvalue weighted by atomic mass is 19.1. The highest BCUT2D eigenvalue weighted by molar-refractivity contribution is 5.65.